The van der Waals surface area contributed by atoms with Gasteiger partial charge in [0.05, 0.1) is 19.8 Å². The number of halogens is 1. The molecule has 8 heteroatoms. The predicted molar refractivity (Wildman–Crippen MR) is 133 cm³/mol. The van der Waals surface area contributed by atoms with Crippen molar-refractivity contribution in [3.8, 4) is 0 Å². The second-order valence-electron chi connectivity index (χ2n) is 7.36. The van der Waals surface area contributed by atoms with E-state index in [2.05, 4.69) is 39.7 Å². The number of aliphatic imine (C=N–C) groups is 1. The average molecular weight is 531 g/mol. The molecule has 0 aromatic heterocycles. The summed E-state index contributed by atoms with van der Waals surface area (Å²) in [5.41, 5.74) is 1.09. The van der Waals surface area contributed by atoms with Crippen LogP contribution in [0.4, 0.5) is 0 Å². The van der Waals surface area contributed by atoms with Crippen molar-refractivity contribution in [2.45, 2.75) is 39.3 Å². The van der Waals surface area contributed by atoms with Crippen LogP contribution in [0, 0.1) is 5.92 Å². The van der Waals surface area contributed by atoms with Crippen molar-refractivity contribution in [2.75, 3.05) is 46.4 Å². The number of amides is 1. The lowest BCUT2D eigenvalue weighted by atomic mass is 9.92. The number of morpholine rings is 1. The molecular formula is C22H38IN5O2. The van der Waals surface area contributed by atoms with E-state index in [9.17, 15) is 4.79 Å². The van der Waals surface area contributed by atoms with Crippen LogP contribution in [0.15, 0.2) is 35.3 Å². The van der Waals surface area contributed by atoms with Gasteiger partial charge in [0.15, 0.2) is 5.96 Å². The molecule has 0 bridgehead atoms. The van der Waals surface area contributed by atoms with Crippen LogP contribution in [-0.4, -0.2) is 69.2 Å². The second-order valence-corrected chi connectivity index (χ2v) is 7.36. The summed E-state index contributed by atoms with van der Waals surface area (Å²) in [6, 6.07) is 10.3. The Morgan fingerprint density at radius 2 is 1.77 bits per heavy atom. The molecule has 2 rings (SSSR count). The van der Waals surface area contributed by atoms with Crippen molar-refractivity contribution >= 4 is 35.8 Å². The highest BCUT2D eigenvalue weighted by molar-refractivity contribution is 14.0. The lowest BCUT2D eigenvalue weighted by molar-refractivity contribution is -0.120. The highest BCUT2D eigenvalue weighted by Gasteiger charge is 2.27. The summed E-state index contributed by atoms with van der Waals surface area (Å²) in [5, 5.41) is 9.47. The fraction of sp³-hybridized carbons (Fsp3) is 0.636. The molecule has 0 aliphatic carbocycles. The largest absolute Gasteiger partial charge is 0.379 e. The van der Waals surface area contributed by atoms with Gasteiger partial charge in [0.1, 0.15) is 0 Å². The number of nitrogens with zero attached hydrogens (tertiary/aromatic N) is 2. The molecule has 3 N–H and O–H groups in total. The third kappa shape index (κ3) is 9.18. The first-order chi connectivity index (χ1) is 14.2. The number of guanidine groups is 1. The highest BCUT2D eigenvalue weighted by atomic mass is 127. The molecule has 1 aromatic carbocycles. The number of hydrogen-bond donors (Lipinski definition) is 3. The van der Waals surface area contributed by atoms with E-state index in [1.54, 1.807) is 7.05 Å². The minimum atomic E-state index is -0.0541. The van der Waals surface area contributed by atoms with Gasteiger partial charge in [0, 0.05) is 39.3 Å². The van der Waals surface area contributed by atoms with Crippen LogP contribution in [0.5, 0.6) is 0 Å². The summed E-state index contributed by atoms with van der Waals surface area (Å²) >= 11 is 0. The van der Waals surface area contributed by atoms with Crippen LogP contribution in [0.3, 0.4) is 0 Å². The molecule has 1 saturated heterocycles. The van der Waals surface area contributed by atoms with Gasteiger partial charge < -0.3 is 20.7 Å². The third-order valence-corrected chi connectivity index (χ3v) is 5.56. The molecule has 0 radical (unpaired) electrons. The van der Waals surface area contributed by atoms with Gasteiger partial charge in [-0.15, -0.1) is 24.0 Å². The predicted octanol–water partition coefficient (Wildman–Crippen LogP) is 2.22. The number of carbonyl (C=O) groups excluding carboxylic acids is 1. The Morgan fingerprint density at radius 1 is 1.10 bits per heavy atom. The minimum Gasteiger partial charge on any atom is -0.379 e. The molecule has 1 aliphatic heterocycles. The van der Waals surface area contributed by atoms with E-state index in [0.29, 0.717) is 24.5 Å². The highest BCUT2D eigenvalue weighted by Crippen LogP contribution is 2.19. The van der Waals surface area contributed by atoms with Crippen molar-refractivity contribution in [1.29, 1.82) is 0 Å². The van der Waals surface area contributed by atoms with E-state index < -0.39 is 0 Å². The quantitative estimate of drug-likeness (QED) is 0.245. The first-order valence-electron chi connectivity index (χ1n) is 10.7. The molecule has 1 heterocycles. The Bertz CT molecular complexity index is 619. The molecule has 1 atom stereocenters. The van der Waals surface area contributed by atoms with Gasteiger partial charge in [-0.3, -0.25) is 14.7 Å². The Kier molecular flexibility index (Phi) is 13.7. The monoisotopic (exact) mass is 531 g/mol. The number of ether oxygens (including phenoxy) is 1. The SMILES string of the molecule is CCC(CC)C(CNC(=NC)NCC(=O)NCc1ccccc1)N1CCOCC1.I. The molecule has 1 fully saturated rings. The molecule has 1 aliphatic rings. The second kappa shape index (κ2) is 15.4. The summed E-state index contributed by atoms with van der Waals surface area (Å²) in [7, 11) is 1.73. The van der Waals surface area contributed by atoms with Crippen molar-refractivity contribution in [3.05, 3.63) is 35.9 Å². The van der Waals surface area contributed by atoms with Crippen molar-refractivity contribution in [2.24, 2.45) is 10.9 Å². The maximum absolute atomic E-state index is 12.1. The first kappa shape index (κ1) is 26.6. The molecule has 7 nitrogen and oxygen atoms in total. The van der Waals surface area contributed by atoms with Crippen LogP contribution in [0.2, 0.25) is 0 Å². The van der Waals surface area contributed by atoms with Gasteiger partial charge in [-0.2, -0.15) is 0 Å². The third-order valence-electron chi connectivity index (χ3n) is 5.56. The molecule has 1 aromatic rings. The summed E-state index contributed by atoms with van der Waals surface area (Å²) in [5.74, 6) is 1.22. The Morgan fingerprint density at radius 3 is 2.37 bits per heavy atom. The van der Waals surface area contributed by atoms with Crippen molar-refractivity contribution in [3.63, 3.8) is 0 Å². The summed E-state index contributed by atoms with van der Waals surface area (Å²) in [6.07, 6.45) is 2.29. The summed E-state index contributed by atoms with van der Waals surface area (Å²) < 4.78 is 5.52. The molecule has 170 valence electrons. The number of nitrogens with one attached hydrogen (secondary N) is 3. The maximum atomic E-state index is 12.1. The molecule has 0 spiro atoms. The molecule has 0 saturated carbocycles. The van der Waals surface area contributed by atoms with E-state index in [0.717, 1.165) is 51.3 Å². The smallest absolute Gasteiger partial charge is 0.239 e. The van der Waals surface area contributed by atoms with Gasteiger partial charge in [0.25, 0.3) is 0 Å². The summed E-state index contributed by atoms with van der Waals surface area (Å²) in [4.78, 5) is 18.9. The number of rotatable bonds is 10. The van der Waals surface area contributed by atoms with E-state index in [1.807, 2.05) is 30.3 Å². The van der Waals surface area contributed by atoms with E-state index in [-0.39, 0.29) is 36.4 Å². The molecule has 30 heavy (non-hydrogen) atoms. The van der Waals surface area contributed by atoms with Gasteiger partial charge in [0.2, 0.25) is 5.91 Å². The fourth-order valence-corrected chi connectivity index (χ4v) is 3.78. The van der Waals surface area contributed by atoms with Crippen LogP contribution >= 0.6 is 24.0 Å². The molecule has 1 amide bonds. The minimum absolute atomic E-state index is 0. The van der Waals surface area contributed by atoms with Crippen LogP contribution in [-0.2, 0) is 16.1 Å². The van der Waals surface area contributed by atoms with Crippen molar-refractivity contribution < 1.29 is 9.53 Å². The standard InChI is InChI=1S/C22H37N5O2.HI/c1-4-19(5-2)20(27-11-13-29-14-12-27)16-25-22(23-3)26-17-21(28)24-15-18-9-7-6-8-10-18;/h6-10,19-20H,4-5,11-17H2,1-3H3,(H,24,28)(H2,23,25,26);1H. The van der Waals surface area contributed by atoms with E-state index in [1.165, 1.54) is 0 Å². The fourth-order valence-electron chi connectivity index (χ4n) is 3.78. The van der Waals surface area contributed by atoms with Crippen LogP contribution < -0.4 is 16.0 Å². The van der Waals surface area contributed by atoms with Gasteiger partial charge in [-0.1, -0.05) is 57.0 Å². The zero-order chi connectivity index (χ0) is 20.9. The van der Waals surface area contributed by atoms with Gasteiger partial charge in [-0.25, -0.2) is 0 Å². The molecule has 1 unspecified atom stereocenters. The number of carbonyl (C=O) groups is 1. The summed E-state index contributed by atoms with van der Waals surface area (Å²) in [6.45, 7) is 9.57. The van der Waals surface area contributed by atoms with Gasteiger partial charge >= 0.3 is 0 Å². The zero-order valence-corrected chi connectivity index (χ0v) is 20.9. The maximum Gasteiger partial charge on any atom is 0.239 e. The van der Waals surface area contributed by atoms with Crippen LogP contribution in [0.25, 0.3) is 0 Å². The first-order valence-corrected chi connectivity index (χ1v) is 10.7. The average Bonchev–Trinajstić information content (AvgIpc) is 2.78. The van der Waals surface area contributed by atoms with E-state index in [4.69, 9.17) is 4.74 Å². The topological polar surface area (TPSA) is 78.0 Å². The normalized spacial score (nSPS) is 15.9. The Labute approximate surface area is 198 Å². The van der Waals surface area contributed by atoms with Crippen molar-refractivity contribution in [1.82, 2.24) is 20.9 Å². The van der Waals surface area contributed by atoms with Crippen LogP contribution in [0.1, 0.15) is 32.3 Å². The molecular weight excluding hydrogens is 493 g/mol. The zero-order valence-electron chi connectivity index (χ0n) is 18.5. The number of hydrogen-bond acceptors (Lipinski definition) is 4. The lowest BCUT2D eigenvalue weighted by Gasteiger charge is -2.39. The Hall–Kier alpha value is -1.39. The Balaban J connectivity index is 0.00000450. The number of benzene rings is 1. The van der Waals surface area contributed by atoms with E-state index >= 15 is 0 Å². The van der Waals surface area contributed by atoms with Gasteiger partial charge in [-0.05, 0) is 11.5 Å². The lowest BCUT2D eigenvalue weighted by Crippen LogP contribution is -2.53.